The fourth-order valence-corrected chi connectivity index (χ4v) is 3.03. The Kier molecular flexibility index (Phi) is 7.79. The molecule has 0 radical (unpaired) electrons. The molecule has 0 aliphatic carbocycles. The summed E-state index contributed by atoms with van der Waals surface area (Å²) in [4.78, 5) is 0. The Balaban J connectivity index is 1.84. The third-order valence-corrected chi connectivity index (χ3v) is 4.96. The van der Waals surface area contributed by atoms with E-state index in [2.05, 4.69) is 31.2 Å². The van der Waals surface area contributed by atoms with Gasteiger partial charge >= 0.3 is 0 Å². The molecule has 0 aliphatic rings. The van der Waals surface area contributed by atoms with Crippen LogP contribution in [0.25, 0.3) is 0 Å². The lowest BCUT2D eigenvalue weighted by atomic mass is 9.91. The lowest BCUT2D eigenvalue weighted by Crippen LogP contribution is -2.48. The van der Waals surface area contributed by atoms with E-state index in [9.17, 15) is 15.3 Å². The predicted octanol–water partition coefficient (Wildman–Crippen LogP) is 2.53. The van der Waals surface area contributed by atoms with E-state index in [0.717, 1.165) is 31.2 Å². The summed E-state index contributed by atoms with van der Waals surface area (Å²) < 4.78 is 0. The number of benzene rings is 2. The van der Waals surface area contributed by atoms with E-state index in [1.54, 1.807) is 0 Å². The van der Waals surface area contributed by atoms with Crippen LogP contribution in [0.4, 0.5) is 0 Å². The number of hydrogen-bond donors (Lipinski definition) is 4. The summed E-state index contributed by atoms with van der Waals surface area (Å²) in [6.07, 6.45) is 3.50. The molecule has 0 saturated carbocycles. The average Bonchev–Trinajstić information content (AvgIpc) is 2.69. The third kappa shape index (κ3) is 5.92. The summed E-state index contributed by atoms with van der Waals surface area (Å²) in [5, 5.41) is 28.8. The molecule has 1 unspecified atom stereocenters. The van der Waals surface area contributed by atoms with Gasteiger partial charge in [0.05, 0.1) is 24.9 Å². The van der Waals surface area contributed by atoms with Crippen LogP contribution in [0.15, 0.2) is 48.5 Å². The molecular formula is C22H31NO3. The van der Waals surface area contributed by atoms with Crippen LogP contribution in [0.3, 0.4) is 0 Å². The van der Waals surface area contributed by atoms with Gasteiger partial charge < -0.3 is 21.1 Å². The van der Waals surface area contributed by atoms with Gasteiger partial charge in [-0.25, -0.2) is 0 Å². The highest BCUT2D eigenvalue weighted by molar-refractivity contribution is 5.26. The summed E-state index contributed by atoms with van der Waals surface area (Å²) in [7, 11) is 0. The Labute approximate surface area is 156 Å². The van der Waals surface area contributed by atoms with E-state index in [4.69, 9.17) is 5.73 Å². The van der Waals surface area contributed by atoms with Crippen molar-refractivity contribution in [3.8, 4) is 0 Å². The van der Waals surface area contributed by atoms with Crippen molar-refractivity contribution in [1.82, 2.24) is 0 Å². The van der Waals surface area contributed by atoms with Crippen molar-refractivity contribution >= 4 is 0 Å². The largest absolute Gasteiger partial charge is 0.394 e. The van der Waals surface area contributed by atoms with Crippen LogP contribution in [0.1, 0.15) is 48.1 Å². The fraction of sp³-hybridized carbons (Fsp3) is 0.455. The smallest absolute Gasteiger partial charge is 0.0809 e. The van der Waals surface area contributed by atoms with Crippen LogP contribution in [0, 0.1) is 0 Å². The van der Waals surface area contributed by atoms with Crippen molar-refractivity contribution in [3.05, 3.63) is 70.8 Å². The number of aliphatic hydroxyl groups excluding tert-OH is 3. The summed E-state index contributed by atoms with van der Waals surface area (Å²) in [6, 6.07) is 16.6. The maximum absolute atomic E-state index is 10.3. The molecule has 142 valence electrons. The second-order valence-corrected chi connectivity index (χ2v) is 7.16. The molecule has 0 bridgehead atoms. The van der Waals surface area contributed by atoms with E-state index in [1.165, 1.54) is 16.7 Å². The lowest BCUT2D eigenvalue weighted by Gasteiger charge is -2.27. The Bertz CT molecular complexity index is 648. The van der Waals surface area contributed by atoms with E-state index in [0.29, 0.717) is 0 Å². The summed E-state index contributed by atoms with van der Waals surface area (Å²) >= 11 is 0. The molecule has 0 saturated heterocycles. The first kappa shape index (κ1) is 20.6. The molecule has 0 amide bonds. The first-order valence-electron chi connectivity index (χ1n) is 9.35. The molecule has 26 heavy (non-hydrogen) atoms. The topological polar surface area (TPSA) is 86.7 Å². The minimum atomic E-state index is -1.16. The summed E-state index contributed by atoms with van der Waals surface area (Å²) in [5.41, 5.74) is 9.39. The number of rotatable bonds is 10. The molecule has 2 rings (SSSR count). The fourth-order valence-electron chi connectivity index (χ4n) is 3.03. The van der Waals surface area contributed by atoms with Crippen molar-refractivity contribution < 1.29 is 15.3 Å². The van der Waals surface area contributed by atoms with Crippen LogP contribution in [-0.4, -0.2) is 34.1 Å². The number of aryl methyl sites for hydroxylation is 3. The molecule has 0 aliphatic heterocycles. The maximum Gasteiger partial charge on any atom is 0.0809 e. The van der Waals surface area contributed by atoms with Gasteiger partial charge in [-0.15, -0.1) is 0 Å². The highest BCUT2D eigenvalue weighted by Crippen LogP contribution is 2.23. The number of hydrogen-bond acceptors (Lipinski definition) is 4. The Morgan fingerprint density at radius 1 is 0.846 bits per heavy atom. The highest BCUT2D eigenvalue weighted by atomic mass is 16.3. The van der Waals surface area contributed by atoms with Gasteiger partial charge in [-0.2, -0.15) is 0 Å². The van der Waals surface area contributed by atoms with Crippen LogP contribution in [-0.2, 0) is 19.3 Å². The number of aliphatic hydroxyl groups is 3. The monoisotopic (exact) mass is 357 g/mol. The van der Waals surface area contributed by atoms with Gasteiger partial charge in [-0.3, -0.25) is 0 Å². The van der Waals surface area contributed by atoms with E-state index < -0.39 is 11.6 Å². The molecule has 1 atom stereocenters. The van der Waals surface area contributed by atoms with Crippen LogP contribution >= 0.6 is 0 Å². The minimum absolute atomic E-state index is 0.118. The van der Waals surface area contributed by atoms with Crippen molar-refractivity contribution in [2.24, 2.45) is 5.73 Å². The Morgan fingerprint density at radius 2 is 1.31 bits per heavy atom. The zero-order valence-corrected chi connectivity index (χ0v) is 15.6. The summed E-state index contributed by atoms with van der Waals surface area (Å²) in [5.74, 6) is 0. The first-order chi connectivity index (χ1) is 12.5. The SMILES string of the molecule is CCc1ccc(CCCc2ccc(C(O)CC(N)(CO)CO)cc2)cc1. The zero-order chi connectivity index (χ0) is 19.0. The summed E-state index contributed by atoms with van der Waals surface area (Å²) in [6.45, 7) is 1.44. The Morgan fingerprint density at radius 3 is 1.77 bits per heavy atom. The minimum Gasteiger partial charge on any atom is -0.394 e. The van der Waals surface area contributed by atoms with Crippen molar-refractivity contribution in [2.45, 2.75) is 50.7 Å². The maximum atomic E-state index is 10.3. The third-order valence-electron chi connectivity index (χ3n) is 4.96. The van der Waals surface area contributed by atoms with E-state index >= 15 is 0 Å². The van der Waals surface area contributed by atoms with Gasteiger partial charge in [0.1, 0.15) is 0 Å². The molecule has 5 N–H and O–H groups in total. The molecule has 2 aromatic rings. The van der Waals surface area contributed by atoms with Gasteiger partial charge in [-0.1, -0.05) is 55.5 Å². The standard InChI is InChI=1S/C22H31NO3/c1-2-17-6-8-18(9-7-17)4-3-5-19-10-12-20(13-11-19)21(26)14-22(23,15-24)16-25/h6-13,21,24-26H,2-5,14-16,23H2,1H3. The van der Waals surface area contributed by atoms with Gasteiger partial charge in [-0.05, 0) is 54.4 Å². The Hall–Kier alpha value is -1.72. The van der Waals surface area contributed by atoms with Gasteiger partial charge in [0.25, 0.3) is 0 Å². The molecule has 0 heterocycles. The van der Waals surface area contributed by atoms with Gasteiger partial charge in [0.2, 0.25) is 0 Å². The predicted molar refractivity (Wildman–Crippen MR) is 105 cm³/mol. The van der Waals surface area contributed by atoms with Crippen molar-refractivity contribution in [1.29, 1.82) is 0 Å². The van der Waals surface area contributed by atoms with Gasteiger partial charge in [0, 0.05) is 0 Å². The van der Waals surface area contributed by atoms with E-state index in [-0.39, 0.29) is 19.6 Å². The lowest BCUT2D eigenvalue weighted by molar-refractivity contribution is 0.0618. The molecule has 0 fully saturated rings. The quantitative estimate of drug-likeness (QED) is 0.526. The highest BCUT2D eigenvalue weighted by Gasteiger charge is 2.27. The number of nitrogens with two attached hydrogens (primary N) is 1. The van der Waals surface area contributed by atoms with Crippen LogP contribution in [0.2, 0.25) is 0 Å². The van der Waals surface area contributed by atoms with Crippen LogP contribution in [0.5, 0.6) is 0 Å². The van der Waals surface area contributed by atoms with Crippen molar-refractivity contribution in [3.63, 3.8) is 0 Å². The zero-order valence-electron chi connectivity index (χ0n) is 15.6. The van der Waals surface area contributed by atoms with E-state index in [1.807, 2.05) is 24.3 Å². The molecule has 4 heteroatoms. The first-order valence-corrected chi connectivity index (χ1v) is 9.35. The second kappa shape index (κ2) is 9.83. The molecule has 4 nitrogen and oxygen atoms in total. The molecular weight excluding hydrogens is 326 g/mol. The average molecular weight is 357 g/mol. The van der Waals surface area contributed by atoms with Crippen molar-refractivity contribution in [2.75, 3.05) is 13.2 Å². The molecule has 0 spiro atoms. The molecule has 2 aromatic carbocycles. The van der Waals surface area contributed by atoms with Gasteiger partial charge in [0.15, 0.2) is 0 Å². The molecule has 0 aromatic heterocycles. The normalized spacial score (nSPS) is 13.0. The van der Waals surface area contributed by atoms with Crippen LogP contribution < -0.4 is 5.73 Å². The second-order valence-electron chi connectivity index (χ2n) is 7.16.